The van der Waals surface area contributed by atoms with Crippen LogP contribution in [0.25, 0.3) is 33.1 Å². The minimum absolute atomic E-state index is 0.317. The van der Waals surface area contributed by atoms with Crippen molar-refractivity contribution < 1.29 is 13.9 Å². The lowest BCUT2D eigenvalue weighted by Gasteiger charge is -2.13. The van der Waals surface area contributed by atoms with Gasteiger partial charge in [-0.3, -0.25) is 9.59 Å². The van der Waals surface area contributed by atoms with Crippen LogP contribution in [-0.4, -0.2) is 28.4 Å². The second kappa shape index (κ2) is 11.2. The Hall–Kier alpha value is -5.63. The van der Waals surface area contributed by atoms with Crippen molar-refractivity contribution in [3.8, 4) is 17.1 Å². The van der Waals surface area contributed by atoms with Crippen molar-refractivity contribution in [1.29, 1.82) is 0 Å². The molecule has 200 valence electrons. The molecule has 1 N–H and O–H groups in total. The normalized spacial score (nSPS) is 11.2. The molecule has 0 saturated heterocycles. The molecule has 0 bridgehead atoms. The summed E-state index contributed by atoms with van der Waals surface area (Å²) in [6.07, 6.45) is 1.55. The largest absolute Gasteiger partial charge is 0.483 e. The average Bonchev–Trinajstić information content (AvgIpc) is 3.00. The lowest BCUT2D eigenvalue weighted by molar-refractivity contribution is -0.118. The maximum atomic E-state index is 13.6. The third kappa shape index (κ3) is 5.44. The summed E-state index contributed by atoms with van der Waals surface area (Å²) in [5, 5.41) is 9.43. The van der Waals surface area contributed by atoms with Crippen molar-refractivity contribution in [1.82, 2.24) is 9.66 Å². The first-order chi connectivity index (χ1) is 20.1. The Balaban J connectivity index is 1.40. The fraction of sp³-hybridized carbons (Fsp3) is 0.0303. The van der Waals surface area contributed by atoms with E-state index in [2.05, 4.69) is 10.4 Å². The number of hydrogen-bond acceptors (Lipinski definition) is 5. The van der Waals surface area contributed by atoms with Crippen molar-refractivity contribution >= 4 is 39.5 Å². The van der Waals surface area contributed by atoms with Gasteiger partial charge < -0.3 is 10.1 Å². The molecule has 0 fully saturated rings. The van der Waals surface area contributed by atoms with Gasteiger partial charge in [-0.1, -0.05) is 78.9 Å². The molecular weight excluding hydrogens is 519 g/mol. The molecular formula is C33H23FN4O3. The predicted molar refractivity (Wildman–Crippen MR) is 159 cm³/mol. The predicted octanol–water partition coefficient (Wildman–Crippen LogP) is 6.26. The van der Waals surface area contributed by atoms with E-state index < -0.39 is 11.7 Å². The van der Waals surface area contributed by atoms with Crippen LogP contribution < -0.4 is 15.6 Å². The van der Waals surface area contributed by atoms with Crippen molar-refractivity contribution in [2.45, 2.75) is 0 Å². The Bertz CT molecular complexity index is 1990. The molecule has 5 aromatic carbocycles. The van der Waals surface area contributed by atoms with E-state index in [-0.39, 0.29) is 12.2 Å². The highest BCUT2D eigenvalue weighted by Crippen LogP contribution is 2.27. The summed E-state index contributed by atoms with van der Waals surface area (Å²) in [6, 6.07) is 33.4. The van der Waals surface area contributed by atoms with Crippen molar-refractivity contribution in [3.05, 3.63) is 137 Å². The molecule has 0 aliphatic heterocycles. The van der Waals surface area contributed by atoms with E-state index in [1.54, 1.807) is 36.5 Å². The van der Waals surface area contributed by atoms with E-state index in [0.717, 1.165) is 16.3 Å². The summed E-state index contributed by atoms with van der Waals surface area (Å²) in [4.78, 5) is 30.9. The quantitative estimate of drug-likeness (QED) is 0.242. The summed E-state index contributed by atoms with van der Waals surface area (Å²) in [7, 11) is 0. The van der Waals surface area contributed by atoms with Crippen molar-refractivity contribution in [2.75, 3.05) is 11.9 Å². The van der Waals surface area contributed by atoms with Gasteiger partial charge in [0.2, 0.25) is 0 Å². The number of nitrogens with one attached hydrogen (secondary N) is 1. The van der Waals surface area contributed by atoms with Gasteiger partial charge in [-0.25, -0.2) is 9.37 Å². The van der Waals surface area contributed by atoms with Gasteiger partial charge in [0.05, 0.1) is 17.1 Å². The van der Waals surface area contributed by atoms with E-state index in [1.807, 2.05) is 66.7 Å². The lowest BCUT2D eigenvalue weighted by atomic mass is 10.0. The number of aromatic nitrogens is 2. The van der Waals surface area contributed by atoms with Gasteiger partial charge in [0.15, 0.2) is 12.4 Å². The zero-order chi connectivity index (χ0) is 28.2. The van der Waals surface area contributed by atoms with Crippen LogP contribution in [0.2, 0.25) is 0 Å². The number of ether oxygens (including phenoxy) is 1. The van der Waals surface area contributed by atoms with E-state index in [0.29, 0.717) is 33.7 Å². The number of para-hydroxylation sites is 1. The number of fused-ring (bicyclic) bond motifs is 2. The molecule has 1 aromatic heterocycles. The summed E-state index contributed by atoms with van der Waals surface area (Å²) in [6.45, 7) is -0.317. The van der Waals surface area contributed by atoms with Gasteiger partial charge in [-0.05, 0) is 47.2 Å². The lowest BCUT2D eigenvalue weighted by Crippen LogP contribution is -2.21. The standard InChI is InChI=1S/C33H23FN4O3/c34-24-12-8-13-25(19-24)36-31(39)21-41-30-18-17-22-9-4-5-14-26(22)28(30)20-35-38-32(23-10-2-1-3-11-23)37-29-16-7-6-15-27(29)33(38)40/h1-20H,21H2,(H,36,39). The van der Waals surface area contributed by atoms with Crippen LogP contribution >= 0.6 is 0 Å². The van der Waals surface area contributed by atoms with E-state index in [9.17, 15) is 14.0 Å². The average molecular weight is 543 g/mol. The highest BCUT2D eigenvalue weighted by atomic mass is 19.1. The first-order valence-electron chi connectivity index (χ1n) is 12.9. The highest BCUT2D eigenvalue weighted by Gasteiger charge is 2.14. The number of benzene rings is 5. The number of amides is 1. The van der Waals surface area contributed by atoms with Crippen LogP contribution in [0.5, 0.6) is 5.75 Å². The maximum absolute atomic E-state index is 13.6. The molecule has 6 aromatic rings. The minimum Gasteiger partial charge on any atom is -0.483 e. The van der Waals surface area contributed by atoms with Crippen molar-refractivity contribution in [2.24, 2.45) is 5.10 Å². The van der Waals surface area contributed by atoms with Crippen LogP contribution in [0.3, 0.4) is 0 Å². The number of rotatable bonds is 7. The zero-order valence-electron chi connectivity index (χ0n) is 21.7. The van der Waals surface area contributed by atoms with Gasteiger partial charge >= 0.3 is 0 Å². The van der Waals surface area contributed by atoms with Crippen LogP contribution in [0.15, 0.2) is 125 Å². The molecule has 0 aliphatic rings. The Morgan fingerprint density at radius 2 is 1.63 bits per heavy atom. The molecule has 0 atom stereocenters. The molecule has 8 heteroatoms. The molecule has 0 aliphatic carbocycles. The molecule has 41 heavy (non-hydrogen) atoms. The second-order valence-electron chi connectivity index (χ2n) is 9.23. The van der Waals surface area contributed by atoms with Gasteiger partial charge in [-0.2, -0.15) is 9.78 Å². The van der Waals surface area contributed by atoms with Crippen LogP contribution in [0.4, 0.5) is 10.1 Å². The van der Waals surface area contributed by atoms with Crippen LogP contribution in [0, 0.1) is 5.82 Å². The van der Waals surface area contributed by atoms with Gasteiger partial charge in [0.25, 0.3) is 11.5 Å². The van der Waals surface area contributed by atoms with Gasteiger partial charge in [0.1, 0.15) is 11.6 Å². The fourth-order valence-electron chi connectivity index (χ4n) is 4.56. The first-order valence-corrected chi connectivity index (χ1v) is 12.9. The Morgan fingerprint density at radius 1 is 0.878 bits per heavy atom. The Labute approximate surface area is 234 Å². The zero-order valence-corrected chi connectivity index (χ0v) is 21.7. The third-order valence-corrected chi connectivity index (χ3v) is 6.49. The number of halogens is 1. The Kier molecular flexibility index (Phi) is 7.02. The summed E-state index contributed by atoms with van der Waals surface area (Å²) < 4.78 is 20.7. The number of hydrogen-bond donors (Lipinski definition) is 1. The maximum Gasteiger partial charge on any atom is 0.282 e. The molecule has 1 amide bonds. The van der Waals surface area contributed by atoms with E-state index in [4.69, 9.17) is 9.72 Å². The molecule has 0 spiro atoms. The number of carbonyl (C=O) groups is 1. The third-order valence-electron chi connectivity index (χ3n) is 6.49. The van der Waals surface area contributed by atoms with E-state index >= 15 is 0 Å². The number of anilines is 1. The Morgan fingerprint density at radius 3 is 2.46 bits per heavy atom. The van der Waals surface area contributed by atoms with E-state index in [1.165, 1.54) is 22.9 Å². The molecule has 0 unspecified atom stereocenters. The number of nitrogens with zero attached hydrogens (tertiary/aromatic N) is 3. The summed E-state index contributed by atoms with van der Waals surface area (Å²) in [5.74, 6) is -0.120. The SMILES string of the molecule is O=C(COc1ccc2ccccc2c1C=Nn1c(-c2ccccc2)nc2ccccc2c1=O)Nc1cccc(F)c1. The summed E-state index contributed by atoms with van der Waals surface area (Å²) in [5.41, 5.74) is 1.90. The smallest absolute Gasteiger partial charge is 0.282 e. The molecule has 1 heterocycles. The second-order valence-corrected chi connectivity index (χ2v) is 9.23. The van der Waals surface area contributed by atoms with Gasteiger partial charge in [0, 0.05) is 16.8 Å². The first kappa shape index (κ1) is 25.6. The monoisotopic (exact) mass is 542 g/mol. The fourth-order valence-corrected chi connectivity index (χ4v) is 4.56. The van der Waals surface area contributed by atoms with Crippen molar-refractivity contribution in [3.63, 3.8) is 0 Å². The molecule has 0 radical (unpaired) electrons. The molecule has 6 rings (SSSR count). The highest BCUT2D eigenvalue weighted by molar-refractivity contribution is 6.02. The number of carbonyl (C=O) groups excluding carboxylic acids is 1. The molecule has 7 nitrogen and oxygen atoms in total. The van der Waals surface area contributed by atoms with Gasteiger partial charge in [-0.15, -0.1) is 0 Å². The summed E-state index contributed by atoms with van der Waals surface area (Å²) >= 11 is 0. The topological polar surface area (TPSA) is 85.6 Å². The molecule has 0 saturated carbocycles. The van der Waals surface area contributed by atoms with Crippen LogP contribution in [-0.2, 0) is 4.79 Å². The van der Waals surface area contributed by atoms with Crippen LogP contribution in [0.1, 0.15) is 5.56 Å². The minimum atomic E-state index is -0.454.